The van der Waals surface area contributed by atoms with Gasteiger partial charge in [-0.25, -0.2) is 4.39 Å². The Morgan fingerprint density at radius 2 is 2.00 bits per heavy atom. The highest BCUT2D eigenvalue weighted by Crippen LogP contribution is 2.15. The molecule has 0 bridgehead atoms. The number of unbranched alkanes of at least 4 members (excludes halogenated alkanes) is 1. The molecule has 24 heavy (non-hydrogen) atoms. The number of hydrogen-bond donors (Lipinski definition) is 2. The van der Waals surface area contributed by atoms with E-state index in [9.17, 15) is 9.18 Å². The molecule has 6 heteroatoms. The first-order chi connectivity index (χ1) is 11.7. The molecule has 0 saturated heterocycles. The summed E-state index contributed by atoms with van der Waals surface area (Å²) in [6, 6.07) is 11.4. The number of amides is 1. The van der Waals surface area contributed by atoms with E-state index in [1.165, 1.54) is 12.1 Å². The SMILES string of the molecule is O=C(NCCCCOc1ccc(F)cc1)c1cccc2cn[nH]c12. The summed E-state index contributed by atoms with van der Waals surface area (Å²) in [5.74, 6) is 0.244. The number of halogens is 1. The van der Waals surface area contributed by atoms with Gasteiger partial charge in [-0.15, -0.1) is 0 Å². The number of carbonyl (C=O) groups is 1. The van der Waals surface area contributed by atoms with E-state index in [1.54, 1.807) is 24.4 Å². The third kappa shape index (κ3) is 3.90. The molecule has 0 radical (unpaired) electrons. The van der Waals surface area contributed by atoms with Crippen molar-refractivity contribution in [3.63, 3.8) is 0 Å². The fraction of sp³-hybridized carbons (Fsp3) is 0.222. The number of aromatic nitrogens is 2. The van der Waals surface area contributed by atoms with Crippen molar-refractivity contribution in [1.29, 1.82) is 0 Å². The van der Waals surface area contributed by atoms with Gasteiger partial charge in [0.2, 0.25) is 0 Å². The van der Waals surface area contributed by atoms with Crippen LogP contribution in [0, 0.1) is 5.82 Å². The summed E-state index contributed by atoms with van der Waals surface area (Å²) in [7, 11) is 0. The fourth-order valence-corrected chi connectivity index (χ4v) is 2.40. The maximum absolute atomic E-state index is 12.8. The second-order valence-electron chi connectivity index (χ2n) is 5.41. The Morgan fingerprint density at radius 1 is 1.17 bits per heavy atom. The first-order valence-corrected chi connectivity index (χ1v) is 7.83. The van der Waals surface area contributed by atoms with Crippen LogP contribution in [0.2, 0.25) is 0 Å². The Labute approximate surface area is 138 Å². The summed E-state index contributed by atoms with van der Waals surface area (Å²) in [5.41, 5.74) is 1.34. The van der Waals surface area contributed by atoms with Gasteiger partial charge in [0.1, 0.15) is 11.6 Å². The predicted octanol–water partition coefficient (Wildman–Crippen LogP) is 3.29. The third-order valence-corrected chi connectivity index (χ3v) is 3.66. The number of para-hydroxylation sites is 1. The Bertz CT molecular complexity index is 815. The van der Waals surface area contributed by atoms with Crippen molar-refractivity contribution in [3.8, 4) is 5.75 Å². The number of nitrogens with one attached hydrogen (secondary N) is 2. The van der Waals surface area contributed by atoms with E-state index >= 15 is 0 Å². The highest BCUT2D eigenvalue weighted by atomic mass is 19.1. The smallest absolute Gasteiger partial charge is 0.253 e. The molecule has 0 atom stereocenters. The fourth-order valence-electron chi connectivity index (χ4n) is 2.40. The highest BCUT2D eigenvalue weighted by molar-refractivity contribution is 6.05. The van der Waals surface area contributed by atoms with E-state index in [1.807, 2.05) is 12.1 Å². The van der Waals surface area contributed by atoms with Crippen LogP contribution >= 0.6 is 0 Å². The standard InChI is InChI=1S/C18H18FN3O2/c19-14-6-8-15(9-7-14)24-11-2-1-10-20-18(23)16-5-3-4-13-12-21-22-17(13)16/h3-9,12H,1-2,10-11H2,(H,20,23)(H,21,22). The lowest BCUT2D eigenvalue weighted by molar-refractivity contribution is 0.0954. The molecule has 0 fully saturated rings. The zero-order chi connectivity index (χ0) is 16.8. The minimum absolute atomic E-state index is 0.121. The molecule has 2 N–H and O–H groups in total. The lowest BCUT2D eigenvalue weighted by atomic mass is 10.1. The average Bonchev–Trinajstić information content (AvgIpc) is 3.08. The van der Waals surface area contributed by atoms with Gasteiger partial charge >= 0.3 is 0 Å². The number of H-pyrrole nitrogens is 1. The van der Waals surface area contributed by atoms with Crippen molar-refractivity contribution in [2.45, 2.75) is 12.8 Å². The monoisotopic (exact) mass is 327 g/mol. The van der Waals surface area contributed by atoms with Gasteiger partial charge in [-0.1, -0.05) is 12.1 Å². The highest BCUT2D eigenvalue weighted by Gasteiger charge is 2.10. The molecule has 124 valence electrons. The van der Waals surface area contributed by atoms with Gasteiger partial charge in [0.25, 0.3) is 5.91 Å². The van der Waals surface area contributed by atoms with E-state index in [2.05, 4.69) is 15.5 Å². The Kier molecular flexibility index (Phi) is 5.05. The largest absolute Gasteiger partial charge is 0.494 e. The molecular formula is C18H18FN3O2. The zero-order valence-corrected chi connectivity index (χ0v) is 13.1. The molecule has 0 saturated carbocycles. The van der Waals surface area contributed by atoms with Crippen LogP contribution < -0.4 is 10.1 Å². The van der Waals surface area contributed by atoms with Gasteiger partial charge < -0.3 is 10.1 Å². The second kappa shape index (κ2) is 7.59. The lowest BCUT2D eigenvalue weighted by Crippen LogP contribution is -2.25. The molecule has 0 aliphatic rings. The van der Waals surface area contributed by atoms with Crippen LogP contribution in [0.15, 0.2) is 48.7 Å². The molecule has 0 aliphatic carbocycles. The van der Waals surface area contributed by atoms with Gasteiger partial charge in [0.15, 0.2) is 0 Å². The third-order valence-electron chi connectivity index (χ3n) is 3.66. The first-order valence-electron chi connectivity index (χ1n) is 7.83. The number of nitrogens with zero attached hydrogens (tertiary/aromatic N) is 1. The molecule has 2 aromatic carbocycles. The molecule has 1 heterocycles. The number of fused-ring (bicyclic) bond motifs is 1. The van der Waals surface area contributed by atoms with Crippen LogP contribution in [0.3, 0.4) is 0 Å². The Morgan fingerprint density at radius 3 is 2.83 bits per heavy atom. The van der Waals surface area contributed by atoms with Crippen LogP contribution in [-0.4, -0.2) is 29.3 Å². The van der Waals surface area contributed by atoms with Gasteiger partial charge in [-0.2, -0.15) is 5.10 Å². The van der Waals surface area contributed by atoms with E-state index in [0.29, 0.717) is 24.5 Å². The lowest BCUT2D eigenvalue weighted by Gasteiger charge is -2.07. The summed E-state index contributed by atoms with van der Waals surface area (Å²) in [6.07, 6.45) is 3.29. The molecule has 3 rings (SSSR count). The quantitative estimate of drug-likeness (QED) is 0.654. The topological polar surface area (TPSA) is 67.0 Å². The van der Waals surface area contributed by atoms with Crippen LogP contribution in [0.4, 0.5) is 4.39 Å². The van der Waals surface area contributed by atoms with Gasteiger partial charge in [-0.05, 0) is 43.2 Å². The molecule has 1 aromatic heterocycles. The maximum Gasteiger partial charge on any atom is 0.253 e. The second-order valence-corrected chi connectivity index (χ2v) is 5.41. The maximum atomic E-state index is 12.8. The molecule has 0 unspecified atom stereocenters. The normalized spacial score (nSPS) is 10.7. The molecule has 3 aromatic rings. The molecule has 5 nitrogen and oxygen atoms in total. The van der Waals surface area contributed by atoms with Crippen molar-refractivity contribution >= 4 is 16.8 Å². The number of hydrogen-bond acceptors (Lipinski definition) is 3. The summed E-state index contributed by atoms with van der Waals surface area (Å²) >= 11 is 0. The number of aromatic amines is 1. The van der Waals surface area contributed by atoms with Gasteiger partial charge in [-0.3, -0.25) is 9.89 Å². The average molecular weight is 327 g/mol. The number of rotatable bonds is 7. The van der Waals surface area contributed by atoms with E-state index in [0.717, 1.165) is 23.7 Å². The van der Waals surface area contributed by atoms with Crippen molar-refractivity contribution in [2.75, 3.05) is 13.2 Å². The molecule has 0 aliphatic heterocycles. The first kappa shape index (κ1) is 16.0. The number of ether oxygens (including phenoxy) is 1. The van der Waals surface area contributed by atoms with E-state index < -0.39 is 0 Å². The zero-order valence-electron chi connectivity index (χ0n) is 13.1. The van der Waals surface area contributed by atoms with Gasteiger partial charge in [0, 0.05) is 11.9 Å². The van der Waals surface area contributed by atoms with Crippen LogP contribution in [0.25, 0.3) is 10.9 Å². The predicted molar refractivity (Wildman–Crippen MR) is 89.6 cm³/mol. The van der Waals surface area contributed by atoms with Crippen LogP contribution in [-0.2, 0) is 0 Å². The van der Waals surface area contributed by atoms with Crippen LogP contribution in [0.5, 0.6) is 5.75 Å². The van der Waals surface area contributed by atoms with E-state index in [-0.39, 0.29) is 11.7 Å². The summed E-state index contributed by atoms with van der Waals surface area (Å²) in [4.78, 5) is 12.2. The Balaban J connectivity index is 1.39. The van der Waals surface area contributed by atoms with Crippen molar-refractivity contribution in [1.82, 2.24) is 15.5 Å². The Hall–Kier alpha value is -2.89. The van der Waals surface area contributed by atoms with Crippen molar-refractivity contribution in [2.24, 2.45) is 0 Å². The van der Waals surface area contributed by atoms with Gasteiger partial charge in [0.05, 0.1) is 23.9 Å². The van der Waals surface area contributed by atoms with Crippen molar-refractivity contribution in [3.05, 3.63) is 60.0 Å². The summed E-state index contributed by atoms with van der Waals surface area (Å²) in [6.45, 7) is 1.09. The molecule has 0 spiro atoms. The summed E-state index contributed by atoms with van der Waals surface area (Å²) in [5, 5.41) is 10.6. The minimum Gasteiger partial charge on any atom is -0.494 e. The summed E-state index contributed by atoms with van der Waals surface area (Å²) < 4.78 is 18.3. The molecular weight excluding hydrogens is 309 g/mol. The van der Waals surface area contributed by atoms with Crippen LogP contribution in [0.1, 0.15) is 23.2 Å². The van der Waals surface area contributed by atoms with E-state index in [4.69, 9.17) is 4.74 Å². The number of benzene rings is 2. The molecule has 1 amide bonds. The minimum atomic E-state index is -0.280. The van der Waals surface area contributed by atoms with Crippen molar-refractivity contribution < 1.29 is 13.9 Å². The number of carbonyl (C=O) groups excluding carboxylic acids is 1.